The van der Waals surface area contributed by atoms with Crippen LogP contribution < -0.4 is 24.8 Å². The third-order valence-electron chi connectivity index (χ3n) is 5.23. The monoisotopic (exact) mass is 481 g/mol. The highest BCUT2D eigenvalue weighted by molar-refractivity contribution is 7.92. The van der Waals surface area contributed by atoms with Gasteiger partial charge in [-0.3, -0.25) is 9.52 Å². The van der Waals surface area contributed by atoms with E-state index in [1.807, 2.05) is 31.2 Å². The molecule has 0 aliphatic carbocycles. The highest BCUT2D eigenvalue weighted by Crippen LogP contribution is 2.32. The fourth-order valence-corrected chi connectivity index (χ4v) is 4.52. The highest BCUT2D eigenvalue weighted by Gasteiger charge is 2.19. The second kappa shape index (κ2) is 10.0. The van der Waals surface area contributed by atoms with Gasteiger partial charge in [0.15, 0.2) is 11.5 Å². The van der Waals surface area contributed by atoms with Crippen molar-refractivity contribution in [2.75, 3.05) is 28.6 Å². The largest absolute Gasteiger partial charge is 0.490 e. The number of carbonyl (C=O) groups is 1. The Balaban J connectivity index is 1.38. The van der Waals surface area contributed by atoms with Gasteiger partial charge in [-0.2, -0.15) is 0 Å². The summed E-state index contributed by atoms with van der Waals surface area (Å²) in [5.41, 5.74) is 2.88. The Morgan fingerprint density at radius 2 is 1.59 bits per heavy atom. The third kappa shape index (κ3) is 5.79. The van der Waals surface area contributed by atoms with Gasteiger partial charge in [0.05, 0.1) is 18.1 Å². The highest BCUT2D eigenvalue weighted by atomic mass is 32.2. The van der Waals surface area contributed by atoms with Gasteiger partial charge in [0.1, 0.15) is 6.04 Å². The number of amides is 1. The van der Waals surface area contributed by atoms with Crippen LogP contribution in [0.25, 0.3) is 0 Å². The number of ether oxygens (including phenoxy) is 2. The third-order valence-corrected chi connectivity index (χ3v) is 6.61. The lowest BCUT2D eigenvalue weighted by Crippen LogP contribution is -2.31. The average molecular weight is 482 g/mol. The fourth-order valence-electron chi connectivity index (χ4n) is 3.45. The van der Waals surface area contributed by atoms with Crippen LogP contribution in [0.2, 0.25) is 0 Å². The van der Waals surface area contributed by atoms with E-state index in [1.165, 1.54) is 12.1 Å². The summed E-state index contributed by atoms with van der Waals surface area (Å²) in [6.07, 6.45) is 0.738. The molecule has 1 unspecified atom stereocenters. The smallest absolute Gasteiger partial charge is 0.262 e. The standard InChI is InChI=1S/C25H27N3O5S/c1-17-5-3-6-21(15-17)27-25(29)18(2)26-19-7-9-20(10-8-19)28-34(30,31)22-11-12-23-24(16-22)33-14-4-13-32-23/h3,5-12,15-16,18,26,28H,4,13-14H2,1-2H3,(H,27,29). The lowest BCUT2D eigenvalue weighted by molar-refractivity contribution is -0.116. The second-order valence-corrected chi connectivity index (χ2v) is 9.75. The molecule has 1 aliphatic heterocycles. The van der Waals surface area contributed by atoms with Gasteiger partial charge in [0.2, 0.25) is 5.91 Å². The van der Waals surface area contributed by atoms with Gasteiger partial charge >= 0.3 is 0 Å². The molecular formula is C25H27N3O5S. The predicted octanol–water partition coefficient (Wildman–Crippen LogP) is 4.40. The first-order valence-electron chi connectivity index (χ1n) is 11.0. The van der Waals surface area contributed by atoms with Gasteiger partial charge in [0, 0.05) is 29.5 Å². The second-order valence-electron chi connectivity index (χ2n) is 8.07. The molecule has 1 amide bonds. The van der Waals surface area contributed by atoms with Crippen LogP contribution in [0.1, 0.15) is 18.9 Å². The van der Waals surface area contributed by atoms with Crippen LogP contribution in [0.15, 0.2) is 71.6 Å². The van der Waals surface area contributed by atoms with Gasteiger partial charge in [-0.1, -0.05) is 12.1 Å². The summed E-state index contributed by atoms with van der Waals surface area (Å²) >= 11 is 0. The summed E-state index contributed by atoms with van der Waals surface area (Å²) in [4.78, 5) is 12.6. The Hall–Kier alpha value is -3.72. The van der Waals surface area contributed by atoms with Gasteiger partial charge in [-0.15, -0.1) is 0 Å². The molecule has 1 heterocycles. The lowest BCUT2D eigenvalue weighted by atomic mass is 10.2. The number of benzene rings is 3. The van der Waals surface area contributed by atoms with Crippen molar-refractivity contribution in [1.82, 2.24) is 0 Å². The van der Waals surface area contributed by atoms with Crippen molar-refractivity contribution in [3.8, 4) is 11.5 Å². The number of nitrogens with one attached hydrogen (secondary N) is 3. The summed E-state index contributed by atoms with van der Waals surface area (Å²) in [7, 11) is -3.82. The van der Waals surface area contributed by atoms with Gasteiger partial charge in [-0.05, 0) is 67.9 Å². The summed E-state index contributed by atoms with van der Waals surface area (Å²) < 4.78 is 39.4. The summed E-state index contributed by atoms with van der Waals surface area (Å²) in [6.45, 7) is 4.72. The SMILES string of the molecule is Cc1cccc(NC(=O)C(C)Nc2ccc(NS(=O)(=O)c3ccc4c(c3)OCCCO4)cc2)c1. The normalized spacial score (nSPS) is 13.9. The first kappa shape index (κ1) is 23.4. The van der Waals surface area contributed by atoms with Crippen molar-refractivity contribution < 1.29 is 22.7 Å². The minimum Gasteiger partial charge on any atom is -0.490 e. The molecule has 34 heavy (non-hydrogen) atoms. The van der Waals surface area contributed by atoms with Crippen molar-refractivity contribution >= 4 is 33.0 Å². The van der Waals surface area contributed by atoms with E-state index in [0.29, 0.717) is 36.1 Å². The van der Waals surface area contributed by atoms with Crippen LogP contribution in [-0.4, -0.2) is 33.6 Å². The molecule has 0 aromatic heterocycles. The molecule has 1 aliphatic rings. The van der Waals surface area contributed by atoms with E-state index in [0.717, 1.165) is 17.7 Å². The minimum absolute atomic E-state index is 0.0837. The molecule has 0 saturated carbocycles. The van der Waals surface area contributed by atoms with E-state index < -0.39 is 16.1 Å². The number of aryl methyl sites for hydroxylation is 1. The van der Waals surface area contributed by atoms with Crippen molar-refractivity contribution in [2.24, 2.45) is 0 Å². The number of hydrogen-bond acceptors (Lipinski definition) is 6. The van der Waals surface area contributed by atoms with Gasteiger partial charge < -0.3 is 20.1 Å². The van der Waals surface area contributed by atoms with Crippen LogP contribution in [0.3, 0.4) is 0 Å². The predicted molar refractivity (Wildman–Crippen MR) is 132 cm³/mol. The maximum absolute atomic E-state index is 12.8. The molecule has 1 atom stereocenters. The van der Waals surface area contributed by atoms with E-state index in [4.69, 9.17) is 9.47 Å². The molecule has 3 N–H and O–H groups in total. The zero-order valence-electron chi connectivity index (χ0n) is 19.0. The first-order chi connectivity index (χ1) is 16.3. The van der Waals surface area contributed by atoms with Gasteiger partial charge in [0.25, 0.3) is 10.0 Å². The van der Waals surface area contributed by atoms with E-state index in [9.17, 15) is 13.2 Å². The average Bonchev–Trinajstić information content (AvgIpc) is 3.05. The van der Waals surface area contributed by atoms with Crippen LogP contribution in [0.4, 0.5) is 17.1 Å². The minimum atomic E-state index is -3.82. The topological polar surface area (TPSA) is 106 Å². The lowest BCUT2D eigenvalue weighted by Gasteiger charge is -2.16. The van der Waals surface area contributed by atoms with Crippen molar-refractivity contribution in [1.29, 1.82) is 0 Å². The van der Waals surface area contributed by atoms with Gasteiger partial charge in [-0.25, -0.2) is 8.42 Å². The number of hydrogen-bond donors (Lipinski definition) is 3. The van der Waals surface area contributed by atoms with Crippen molar-refractivity contribution in [3.63, 3.8) is 0 Å². The molecule has 0 radical (unpaired) electrons. The van der Waals surface area contributed by atoms with E-state index in [1.54, 1.807) is 37.3 Å². The molecule has 0 bridgehead atoms. The molecule has 9 heteroatoms. The maximum atomic E-state index is 12.8. The fraction of sp³-hybridized carbons (Fsp3) is 0.240. The Morgan fingerprint density at radius 1 is 0.882 bits per heavy atom. The Labute approximate surface area is 199 Å². The molecule has 4 rings (SSSR count). The molecule has 3 aromatic carbocycles. The number of rotatable bonds is 7. The number of anilines is 3. The van der Waals surface area contributed by atoms with Crippen molar-refractivity contribution in [3.05, 3.63) is 72.3 Å². The van der Waals surface area contributed by atoms with Crippen LogP contribution in [0, 0.1) is 6.92 Å². The zero-order valence-corrected chi connectivity index (χ0v) is 19.8. The maximum Gasteiger partial charge on any atom is 0.262 e. The molecule has 178 valence electrons. The first-order valence-corrected chi connectivity index (χ1v) is 12.4. The summed E-state index contributed by atoms with van der Waals surface area (Å²) in [6, 6.07) is 18.3. The van der Waals surface area contributed by atoms with Crippen LogP contribution in [0.5, 0.6) is 11.5 Å². The molecule has 8 nitrogen and oxygen atoms in total. The summed E-state index contributed by atoms with van der Waals surface area (Å²) in [5, 5.41) is 6.00. The number of sulfonamides is 1. The van der Waals surface area contributed by atoms with Crippen molar-refractivity contribution in [2.45, 2.75) is 31.2 Å². The Kier molecular flexibility index (Phi) is 6.93. The number of carbonyl (C=O) groups excluding carboxylic acids is 1. The quantitative estimate of drug-likeness (QED) is 0.462. The molecule has 0 saturated heterocycles. The van der Waals surface area contributed by atoms with Crippen LogP contribution >= 0.6 is 0 Å². The molecule has 0 fully saturated rings. The van der Waals surface area contributed by atoms with E-state index >= 15 is 0 Å². The number of fused-ring (bicyclic) bond motifs is 1. The Morgan fingerprint density at radius 3 is 2.32 bits per heavy atom. The van der Waals surface area contributed by atoms with E-state index in [-0.39, 0.29) is 10.8 Å². The Bertz CT molecular complexity index is 1280. The van der Waals surface area contributed by atoms with E-state index in [2.05, 4.69) is 15.4 Å². The zero-order chi connectivity index (χ0) is 24.1. The molecular weight excluding hydrogens is 454 g/mol. The molecule has 0 spiro atoms. The molecule has 3 aromatic rings. The summed E-state index contributed by atoms with van der Waals surface area (Å²) in [5.74, 6) is 0.773. The van der Waals surface area contributed by atoms with Crippen LogP contribution in [-0.2, 0) is 14.8 Å².